The Balaban J connectivity index is 1.91. The van der Waals surface area contributed by atoms with Crippen LogP contribution in [0.5, 0.6) is 0 Å². The summed E-state index contributed by atoms with van der Waals surface area (Å²) in [5.41, 5.74) is 0. The first-order valence-electron chi connectivity index (χ1n) is 6.00. The number of carbonyl (C=O) groups excluding carboxylic acids is 2. The van der Waals surface area contributed by atoms with Gasteiger partial charge in [0.15, 0.2) is 0 Å². The fourth-order valence-electron chi connectivity index (χ4n) is 2.52. The lowest BCUT2D eigenvalue weighted by Crippen LogP contribution is -2.55. The molecule has 1 N–H and O–H groups in total. The summed E-state index contributed by atoms with van der Waals surface area (Å²) < 4.78 is 5.61. The van der Waals surface area contributed by atoms with Gasteiger partial charge in [-0.2, -0.15) is 0 Å². The Kier molecular flexibility index (Phi) is 4.23. The molecule has 1 heterocycles. The summed E-state index contributed by atoms with van der Waals surface area (Å²) >= 11 is 5.45. The van der Waals surface area contributed by atoms with Crippen molar-refractivity contribution in [2.24, 2.45) is 0 Å². The van der Waals surface area contributed by atoms with E-state index in [1.807, 2.05) is 0 Å². The number of hydrogen-bond donors (Lipinski definition) is 1. The highest BCUT2D eigenvalue weighted by molar-refractivity contribution is 6.19. The molecule has 1 saturated heterocycles. The van der Waals surface area contributed by atoms with E-state index in [-0.39, 0.29) is 36.4 Å². The van der Waals surface area contributed by atoms with Crippen LogP contribution in [0.1, 0.15) is 25.7 Å². The Morgan fingerprint density at radius 1 is 1.41 bits per heavy atom. The molecule has 0 spiro atoms. The number of ether oxygens (including phenoxy) is 1. The van der Waals surface area contributed by atoms with Crippen LogP contribution in [-0.4, -0.2) is 48.0 Å². The maximum atomic E-state index is 11.9. The second kappa shape index (κ2) is 5.69. The molecule has 0 aromatic carbocycles. The maximum absolute atomic E-state index is 11.9. The standard InChI is InChI=1S/C11H17ClN2O3/c12-5-4-10(15)13-11(16)14-6-7-17-9-3-1-2-8(9)14/h8-9H,1-7H2,(H,13,15,16). The Morgan fingerprint density at radius 3 is 3.00 bits per heavy atom. The van der Waals surface area contributed by atoms with E-state index >= 15 is 0 Å². The molecular weight excluding hydrogens is 244 g/mol. The summed E-state index contributed by atoms with van der Waals surface area (Å²) in [6.07, 6.45) is 3.37. The summed E-state index contributed by atoms with van der Waals surface area (Å²) in [5.74, 6) is -0.0834. The summed E-state index contributed by atoms with van der Waals surface area (Å²) in [5, 5.41) is 2.37. The van der Waals surface area contributed by atoms with E-state index < -0.39 is 0 Å². The molecule has 5 nitrogen and oxygen atoms in total. The molecule has 0 aromatic rings. The van der Waals surface area contributed by atoms with Crippen molar-refractivity contribution < 1.29 is 14.3 Å². The number of halogens is 1. The van der Waals surface area contributed by atoms with Crippen LogP contribution in [0.15, 0.2) is 0 Å². The molecule has 1 aliphatic carbocycles. The van der Waals surface area contributed by atoms with E-state index in [4.69, 9.17) is 16.3 Å². The Bertz CT molecular complexity index is 311. The molecule has 1 aliphatic heterocycles. The predicted octanol–water partition coefficient (Wildman–Crippen LogP) is 1.10. The van der Waals surface area contributed by atoms with E-state index in [0.29, 0.717) is 13.2 Å². The molecule has 6 heteroatoms. The van der Waals surface area contributed by atoms with Crippen LogP contribution in [0, 0.1) is 0 Å². The summed E-state index contributed by atoms with van der Waals surface area (Å²) in [4.78, 5) is 25.0. The molecule has 1 saturated carbocycles. The van der Waals surface area contributed by atoms with Crippen molar-refractivity contribution in [1.29, 1.82) is 0 Å². The van der Waals surface area contributed by atoms with Crippen LogP contribution in [-0.2, 0) is 9.53 Å². The molecule has 0 bridgehead atoms. The third-order valence-corrected chi connectivity index (χ3v) is 3.50. The monoisotopic (exact) mass is 260 g/mol. The molecular formula is C11H17ClN2O3. The lowest BCUT2D eigenvalue weighted by atomic mass is 10.1. The Hall–Kier alpha value is -0.810. The van der Waals surface area contributed by atoms with Gasteiger partial charge < -0.3 is 9.64 Å². The number of nitrogens with zero attached hydrogens (tertiary/aromatic N) is 1. The minimum Gasteiger partial charge on any atom is -0.374 e. The molecule has 0 aromatic heterocycles. The average molecular weight is 261 g/mol. The summed E-state index contributed by atoms with van der Waals surface area (Å²) in [6, 6.07) is -0.173. The van der Waals surface area contributed by atoms with Crippen LogP contribution in [0.4, 0.5) is 4.79 Å². The molecule has 96 valence electrons. The number of carbonyl (C=O) groups is 2. The van der Waals surface area contributed by atoms with E-state index in [0.717, 1.165) is 19.3 Å². The third kappa shape index (κ3) is 2.90. The van der Waals surface area contributed by atoms with Crippen molar-refractivity contribution in [1.82, 2.24) is 10.2 Å². The quantitative estimate of drug-likeness (QED) is 0.757. The molecule has 2 aliphatic rings. The highest BCUT2D eigenvalue weighted by atomic mass is 35.5. The van der Waals surface area contributed by atoms with Gasteiger partial charge in [0, 0.05) is 18.8 Å². The minimum atomic E-state index is -0.314. The molecule has 2 fully saturated rings. The smallest absolute Gasteiger partial charge is 0.324 e. The number of morpholine rings is 1. The van der Waals surface area contributed by atoms with Gasteiger partial charge in [-0.15, -0.1) is 11.6 Å². The highest BCUT2D eigenvalue weighted by Crippen LogP contribution is 2.29. The maximum Gasteiger partial charge on any atom is 0.324 e. The first-order valence-corrected chi connectivity index (χ1v) is 6.54. The third-order valence-electron chi connectivity index (χ3n) is 3.31. The summed E-state index contributed by atoms with van der Waals surface area (Å²) in [6.45, 7) is 1.11. The van der Waals surface area contributed by atoms with E-state index in [1.165, 1.54) is 0 Å². The molecule has 2 atom stereocenters. The van der Waals surface area contributed by atoms with Crippen LogP contribution in [0.3, 0.4) is 0 Å². The van der Waals surface area contributed by atoms with Crippen molar-refractivity contribution in [2.45, 2.75) is 37.8 Å². The van der Waals surface area contributed by atoms with Gasteiger partial charge in [0.25, 0.3) is 0 Å². The first-order chi connectivity index (χ1) is 8.22. The zero-order valence-corrected chi connectivity index (χ0v) is 10.4. The van der Waals surface area contributed by atoms with Crippen LogP contribution in [0.25, 0.3) is 0 Å². The second-order valence-corrected chi connectivity index (χ2v) is 4.77. The normalized spacial score (nSPS) is 27.7. The van der Waals surface area contributed by atoms with Gasteiger partial charge in [0.05, 0.1) is 18.8 Å². The van der Waals surface area contributed by atoms with Crippen molar-refractivity contribution >= 4 is 23.5 Å². The van der Waals surface area contributed by atoms with Gasteiger partial charge in [-0.25, -0.2) is 4.79 Å². The lowest BCUT2D eigenvalue weighted by molar-refractivity contribution is -0.120. The van der Waals surface area contributed by atoms with Crippen LogP contribution >= 0.6 is 11.6 Å². The largest absolute Gasteiger partial charge is 0.374 e. The molecule has 3 amide bonds. The Morgan fingerprint density at radius 2 is 2.24 bits per heavy atom. The average Bonchev–Trinajstić information content (AvgIpc) is 2.76. The van der Waals surface area contributed by atoms with Gasteiger partial charge in [-0.05, 0) is 19.3 Å². The lowest BCUT2D eigenvalue weighted by Gasteiger charge is -2.37. The second-order valence-electron chi connectivity index (χ2n) is 4.39. The minimum absolute atomic E-state index is 0.132. The fourth-order valence-corrected chi connectivity index (χ4v) is 2.69. The van der Waals surface area contributed by atoms with Crippen molar-refractivity contribution in [2.75, 3.05) is 19.0 Å². The SMILES string of the molecule is O=C(CCCl)NC(=O)N1CCOC2CCCC21. The van der Waals surface area contributed by atoms with Gasteiger partial charge in [-0.3, -0.25) is 10.1 Å². The number of imide groups is 1. The molecule has 2 unspecified atom stereocenters. The number of fused-ring (bicyclic) bond motifs is 1. The molecule has 2 rings (SSSR count). The first kappa shape index (κ1) is 12.6. The topological polar surface area (TPSA) is 58.6 Å². The molecule has 17 heavy (non-hydrogen) atoms. The number of amides is 3. The van der Waals surface area contributed by atoms with Gasteiger partial charge >= 0.3 is 6.03 Å². The summed E-state index contributed by atoms with van der Waals surface area (Å²) in [7, 11) is 0. The predicted molar refractivity (Wildman–Crippen MR) is 63.0 cm³/mol. The number of rotatable bonds is 2. The molecule has 0 radical (unpaired) electrons. The van der Waals surface area contributed by atoms with Crippen molar-refractivity contribution in [3.8, 4) is 0 Å². The number of urea groups is 1. The zero-order chi connectivity index (χ0) is 12.3. The fraction of sp³-hybridized carbons (Fsp3) is 0.818. The highest BCUT2D eigenvalue weighted by Gasteiger charge is 2.38. The van der Waals surface area contributed by atoms with E-state index in [2.05, 4.69) is 5.32 Å². The van der Waals surface area contributed by atoms with Crippen molar-refractivity contribution in [3.63, 3.8) is 0 Å². The van der Waals surface area contributed by atoms with Gasteiger partial charge in [0.2, 0.25) is 5.91 Å². The zero-order valence-electron chi connectivity index (χ0n) is 9.65. The van der Waals surface area contributed by atoms with Crippen LogP contribution < -0.4 is 5.32 Å². The van der Waals surface area contributed by atoms with Crippen LogP contribution in [0.2, 0.25) is 0 Å². The van der Waals surface area contributed by atoms with E-state index in [1.54, 1.807) is 4.90 Å². The van der Waals surface area contributed by atoms with Gasteiger partial charge in [-0.1, -0.05) is 0 Å². The van der Waals surface area contributed by atoms with Crippen molar-refractivity contribution in [3.05, 3.63) is 0 Å². The number of nitrogens with one attached hydrogen (secondary N) is 1. The van der Waals surface area contributed by atoms with Gasteiger partial charge in [0.1, 0.15) is 0 Å². The Labute approximate surface area is 105 Å². The number of hydrogen-bond acceptors (Lipinski definition) is 3. The van der Waals surface area contributed by atoms with E-state index in [9.17, 15) is 9.59 Å². The number of alkyl halides is 1.